The van der Waals surface area contributed by atoms with E-state index in [1.165, 1.54) is 36.4 Å². The molecule has 0 radical (unpaired) electrons. The molecule has 0 aromatic heterocycles. The molecule has 0 aliphatic heterocycles. The maximum absolute atomic E-state index is 12.5. The maximum Gasteiger partial charge on any atom is 0.338 e. The number of carbonyl (C=O) groups excluding carboxylic acids is 1. The summed E-state index contributed by atoms with van der Waals surface area (Å²) in [4.78, 5) is 11.8. The van der Waals surface area contributed by atoms with Crippen LogP contribution in [0.5, 0.6) is 0 Å². The Morgan fingerprint density at radius 1 is 1.24 bits per heavy atom. The van der Waals surface area contributed by atoms with Gasteiger partial charge in [-0.3, -0.25) is 0 Å². The van der Waals surface area contributed by atoms with Crippen molar-refractivity contribution in [1.29, 1.82) is 0 Å². The Morgan fingerprint density at radius 3 is 2.44 bits per heavy atom. The molecule has 1 atom stereocenters. The van der Waals surface area contributed by atoms with Crippen molar-refractivity contribution in [2.45, 2.75) is 17.6 Å². The normalized spacial score (nSPS) is 12.6. The minimum atomic E-state index is -3.76. The van der Waals surface area contributed by atoms with E-state index < -0.39 is 26.8 Å². The van der Waals surface area contributed by atoms with Gasteiger partial charge in [-0.25, -0.2) is 18.4 Å². The van der Waals surface area contributed by atoms with E-state index in [9.17, 15) is 23.6 Å². The number of nitrogens with one attached hydrogen (secondary N) is 1. The van der Waals surface area contributed by atoms with Gasteiger partial charge in [-0.1, -0.05) is 6.07 Å². The van der Waals surface area contributed by atoms with Gasteiger partial charge in [-0.05, 0) is 37.3 Å². The van der Waals surface area contributed by atoms with Gasteiger partial charge >= 0.3 is 5.97 Å². The number of ether oxygens (including phenoxy) is 1. The summed E-state index contributed by atoms with van der Waals surface area (Å²) in [5.74, 6) is -1.18. The van der Waals surface area contributed by atoms with Gasteiger partial charge in [-0.15, -0.1) is 0 Å². The quantitative estimate of drug-likeness (QED) is 0.391. The zero-order valence-electron chi connectivity index (χ0n) is 13.4. The second kappa shape index (κ2) is 7.62. The van der Waals surface area contributed by atoms with Gasteiger partial charge in [0.05, 0.1) is 22.8 Å². The third kappa shape index (κ3) is 4.54. The number of nitrogens with two attached hydrogens (primary N) is 1. The van der Waals surface area contributed by atoms with Crippen LogP contribution in [-0.2, 0) is 20.3 Å². The lowest BCUT2D eigenvalue weighted by Crippen LogP contribution is -2.99. The molecule has 0 fully saturated rings. The number of anilines is 1. The Kier molecular flexibility index (Phi) is 5.75. The number of sulfone groups is 1. The highest BCUT2D eigenvalue weighted by Gasteiger charge is 2.22. The zero-order valence-corrected chi connectivity index (χ0v) is 14.2. The second-order valence-corrected chi connectivity index (χ2v) is 7.22. The summed E-state index contributed by atoms with van der Waals surface area (Å²) in [6.45, 7) is 1.78. The molecular formula is C16H18N2O6S. The fourth-order valence-corrected chi connectivity index (χ4v) is 3.58. The van der Waals surface area contributed by atoms with E-state index >= 15 is 0 Å². The Hall–Kier alpha value is -2.46. The van der Waals surface area contributed by atoms with E-state index in [4.69, 9.17) is 10.5 Å². The van der Waals surface area contributed by atoms with E-state index in [0.717, 1.165) is 6.07 Å². The number of rotatable bonds is 6. The Balaban J connectivity index is 2.38. The van der Waals surface area contributed by atoms with Crippen LogP contribution in [0.3, 0.4) is 0 Å². The summed E-state index contributed by atoms with van der Waals surface area (Å²) in [6, 6.07) is 9.40. The Bertz CT molecular complexity index is 863. The molecule has 0 amide bonds. The summed E-state index contributed by atoms with van der Waals surface area (Å²) in [6.07, 6.45) is 0. The van der Waals surface area contributed by atoms with Crippen molar-refractivity contribution in [3.05, 3.63) is 58.8 Å². The molecular weight excluding hydrogens is 348 g/mol. The van der Waals surface area contributed by atoms with E-state index in [2.05, 4.69) is 0 Å². The lowest BCUT2D eigenvalue weighted by molar-refractivity contribution is -0.991. The number of hydrogen-bond acceptors (Lipinski definition) is 7. The van der Waals surface area contributed by atoms with Crippen LogP contribution in [0.1, 0.15) is 22.8 Å². The smallest absolute Gasteiger partial charge is 0.338 e. The van der Waals surface area contributed by atoms with Crippen LogP contribution in [0.15, 0.2) is 47.4 Å². The number of esters is 1. The molecule has 4 N–H and O–H groups in total. The molecule has 2 aromatic carbocycles. The molecule has 0 bridgehead atoms. The molecule has 25 heavy (non-hydrogen) atoms. The van der Waals surface area contributed by atoms with Crippen LogP contribution in [0, 0.1) is 5.21 Å². The van der Waals surface area contributed by atoms with Crippen molar-refractivity contribution in [1.82, 2.24) is 0 Å². The fourth-order valence-electron chi connectivity index (χ4n) is 2.21. The molecule has 0 spiro atoms. The van der Waals surface area contributed by atoms with Crippen molar-refractivity contribution >= 4 is 27.2 Å². The highest BCUT2D eigenvalue weighted by atomic mass is 32.2. The molecule has 2 aromatic rings. The molecule has 1 unspecified atom stereocenters. The molecule has 2 rings (SSSR count). The first kappa shape index (κ1) is 18.9. The first-order valence-corrected chi connectivity index (χ1v) is 9.01. The van der Waals surface area contributed by atoms with Crippen LogP contribution >= 0.6 is 0 Å². The van der Waals surface area contributed by atoms with Gasteiger partial charge in [-0.2, -0.15) is 5.23 Å². The first-order valence-electron chi connectivity index (χ1n) is 7.36. The van der Waals surface area contributed by atoms with E-state index in [-0.39, 0.29) is 28.3 Å². The van der Waals surface area contributed by atoms with Crippen molar-refractivity contribution in [2.75, 3.05) is 12.3 Å². The average molecular weight is 366 g/mol. The summed E-state index contributed by atoms with van der Waals surface area (Å²) >= 11 is 0. The Labute approximate surface area is 144 Å². The van der Waals surface area contributed by atoms with Crippen LogP contribution in [0.25, 0.3) is 0 Å². The molecule has 134 valence electrons. The third-order valence-electron chi connectivity index (χ3n) is 3.44. The number of quaternary nitrogens is 1. The van der Waals surface area contributed by atoms with E-state index in [1.54, 1.807) is 6.92 Å². The lowest BCUT2D eigenvalue weighted by Gasteiger charge is -2.17. The topological polar surface area (TPSA) is 134 Å². The van der Waals surface area contributed by atoms with Crippen molar-refractivity contribution < 1.29 is 28.4 Å². The second-order valence-electron chi connectivity index (χ2n) is 5.23. The van der Waals surface area contributed by atoms with Crippen LogP contribution < -0.4 is 11.0 Å². The largest absolute Gasteiger partial charge is 0.595 e. The van der Waals surface area contributed by atoms with Crippen LogP contribution in [0.4, 0.5) is 11.4 Å². The van der Waals surface area contributed by atoms with Crippen molar-refractivity contribution in [3.63, 3.8) is 0 Å². The maximum atomic E-state index is 12.5. The van der Waals surface area contributed by atoms with Gasteiger partial charge < -0.3 is 15.7 Å². The Morgan fingerprint density at radius 2 is 1.88 bits per heavy atom. The van der Waals surface area contributed by atoms with Gasteiger partial charge in [0, 0.05) is 17.3 Å². The standard InChI is InChI=1S/C16H18N2O6S/c1-2-24-16(19)11-3-4-12(15(9-11)18(20)21)10-25(22,23)14-7-5-13(17)6-8-14/h3-9,18,20H,2,10,17H2,1H3. The molecule has 0 aliphatic carbocycles. The van der Waals surface area contributed by atoms with Gasteiger partial charge in [0.25, 0.3) is 0 Å². The number of benzene rings is 2. The minimum absolute atomic E-state index is 0.0347. The average Bonchev–Trinajstić information content (AvgIpc) is 2.55. The monoisotopic (exact) mass is 366 g/mol. The molecule has 9 heteroatoms. The summed E-state index contributed by atoms with van der Waals surface area (Å²) < 4.78 is 29.8. The minimum Gasteiger partial charge on any atom is -0.595 e. The number of carbonyl (C=O) groups is 1. The van der Waals surface area contributed by atoms with E-state index in [0.29, 0.717) is 5.69 Å². The van der Waals surface area contributed by atoms with E-state index in [1.807, 2.05) is 0 Å². The molecule has 8 nitrogen and oxygen atoms in total. The summed E-state index contributed by atoms with van der Waals surface area (Å²) in [5.41, 5.74) is 5.83. The zero-order chi connectivity index (χ0) is 18.6. The molecule has 0 saturated heterocycles. The van der Waals surface area contributed by atoms with Crippen molar-refractivity contribution in [3.8, 4) is 0 Å². The van der Waals surface area contributed by atoms with Gasteiger partial charge in [0.1, 0.15) is 0 Å². The van der Waals surface area contributed by atoms with Crippen LogP contribution in [-0.4, -0.2) is 26.2 Å². The van der Waals surface area contributed by atoms with Gasteiger partial charge in [0.2, 0.25) is 0 Å². The highest BCUT2D eigenvalue weighted by Crippen LogP contribution is 2.22. The highest BCUT2D eigenvalue weighted by molar-refractivity contribution is 7.90. The van der Waals surface area contributed by atoms with Crippen molar-refractivity contribution in [2.24, 2.45) is 0 Å². The summed E-state index contributed by atoms with van der Waals surface area (Å²) in [5, 5.41) is 19.5. The van der Waals surface area contributed by atoms with Gasteiger partial charge in [0.15, 0.2) is 15.5 Å². The predicted molar refractivity (Wildman–Crippen MR) is 89.9 cm³/mol. The summed E-state index contributed by atoms with van der Waals surface area (Å²) in [7, 11) is -3.76. The first-order chi connectivity index (χ1) is 11.7. The fraction of sp³-hybridized carbons (Fsp3) is 0.188. The molecule has 0 saturated carbocycles. The molecule has 0 aliphatic rings. The lowest BCUT2D eigenvalue weighted by atomic mass is 10.1. The number of hydrogen-bond donors (Lipinski definition) is 3. The SMILES string of the molecule is CCOC(=O)c1ccc(CS(=O)(=O)c2ccc(N)cc2)c([NH+]([O-])O)c1. The number of nitrogen functional groups attached to an aromatic ring is 1. The third-order valence-corrected chi connectivity index (χ3v) is 5.12. The predicted octanol–water partition coefficient (Wildman–Crippen LogP) is 0.823. The van der Waals surface area contributed by atoms with Crippen LogP contribution in [0.2, 0.25) is 0 Å². The molecule has 0 heterocycles.